The van der Waals surface area contributed by atoms with Crippen LogP contribution in [0.4, 0.5) is 5.95 Å². The number of nitrogens with zero attached hydrogens (tertiary/aromatic N) is 2. The van der Waals surface area contributed by atoms with Gasteiger partial charge in [-0.15, -0.1) is 0 Å². The Morgan fingerprint density at radius 3 is 2.71 bits per heavy atom. The SMILES string of the molecule is Cc1cc(CN)nc(NCC(C)C)n1. The van der Waals surface area contributed by atoms with Gasteiger partial charge in [0.25, 0.3) is 0 Å². The summed E-state index contributed by atoms with van der Waals surface area (Å²) in [6.07, 6.45) is 0. The first-order chi connectivity index (χ1) is 6.61. The molecule has 0 spiro atoms. The van der Waals surface area contributed by atoms with Gasteiger partial charge in [0, 0.05) is 18.8 Å². The summed E-state index contributed by atoms with van der Waals surface area (Å²) in [5.74, 6) is 1.26. The maximum Gasteiger partial charge on any atom is 0.223 e. The Kier molecular flexibility index (Phi) is 3.83. The van der Waals surface area contributed by atoms with E-state index in [1.165, 1.54) is 0 Å². The summed E-state index contributed by atoms with van der Waals surface area (Å²) < 4.78 is 0. The zero-order valence-electron chi connectivity index (χ0n) is 9.04. The van der Waals surface area contributed by atoms with Crippen molar-refractivity contribution in [3.05, 3.63) is 17.5 Å². The Labute approximate surface area is 85.0 Å². The number of nitrogens with one attached hydrogen (secondary N) is 1. The quantitative estimate of drug-likeness (QED) is 0.758. The van der Waals surface area contributed by atoms with Gasteiger partial charge in [0.15, 0.2) is 0 Å². The summed E-state index contributed by atoms with van der Waals surface area (Å²) in [4.78, 5) is 8.55. The summed E-state index contributed by atoms with van der Waals surface area (Å²) >= 11 is 0. The lowest BCUT2D eigenvalue weighted by Gasteiger charge is -2.08. The molecular weight excluding hydrogens is 176 g/mol. The first-order valence-corrected chi connectivity index (χ1v) is 4.90. The highest BCUT2D eigenvalue weighted by molar-refractivity contribution is 5.27. The predicted molar refractivity (Wildman–Crippen MR) is 58.0 cm³/mol. The fourth-order valence-corrected chi connectivity index (χ4v) is 1.11. The van der Waals surface area contributed by atoms with Crippen LogP contribution in [0.3, 0.4) is 0 Å². The third-order valence-electron chi connectivity index (χ3n) is 1.78. The zero-order valence-corrected chi connectivity index (χ0v) is 9.04. The summed E-state index contributed by atoms with van der Waals surface area (Å²) in [6, 6.07) is 1.90. The summed E-state index contributed by atoms with van der Waals surface area (Å²) in [5.41, 5.74) is 7.35. The van der Waals surface area contributed by atoms with Crippen LogP contribution < -0.4 is 11.1 Å². The summed E-state index contributed by atoms with van der Waals surface area (Å²) in [5, 5.41) is 3.18. The number of hydrogen-bond acceptors (Lipinski definition) is 4. The number of anilines is 1. The van der Waals surface area contributed by atoms with Gasteiger partial charge < -0.3 is 11.1 Å². The minimum absolute atomic E-state index is 0.458. The van der Waals surface area contributed by atoms with Crippen molar-refractivity contribution in [3.8, 4) is 0 Å². The molecule has 0 bridgehead atoms. The highest BCUT2D eigenvalue weighted by atomic mass is 15.1. The van der Waals surface area contributed by atoms with E-state index in [4.69, 9.17) is 5.73 Å². The van der Waals surface area contributed by atoms with Crippen LogP contribution in [0, 0.1) is 12.8 Å². The van der Waals surface area contributed by atoms with E-state index in [1.54, 1.807) is 0 Å². The lowest BCUT2D eigenvalue weighted by molar-refractivity contribution is 0.683. The number of aryl methyl sites for hydroxylation is 1. The Morgan fingerprint density at radius 1 is 1.43 bits per heavy atom. The van der Waals surface area contributed by atoms with E-state index in [0.717, 1.165) is 17.9 Å². The first-order valence-electron chi connectivity index (χ1n) is 4.90. The van der Waals surface area contributed by atoms with Gasteiger partial charge >= 0.3 is 0 Å². The maximum atomic E-state index is 5.53. The van der Waals surface area contributed by atoms with Crippen LogP contribution in [-0.4, -0.2) is 16.5 Å². The number of rotatable bonds is 4. The first kappa shape index (κ1) is 10.9. The van der Waals surface area contributed by atoms with Crippen LogP contribution in [0.25, 0.3) is 0 Å². The second-order valence-corrected chi connectivity index (χ2v) is 3.80. The van der Waals surface area contributed by atoms with Gasteiger partial charge in [0.1, 0.15) is 0 Å². The largest absolute Gasteiger partial charge is 0.354 e. The molecule has 4 nitrogen and oxygen atoms in total. The zero-order chi connectivity index (χ0) is 10.6. The summed E-state index contributed by atoms with van der Waals surface area (Å²) in [6.45, 7) is 7.58. The van der Waals surface area contributed by atoms with Crippen molar-refractivity contribution in [2.45, 2.75) is 27.3 Å². The van der Waals surface area contributed by atoms with Crippen molar-refractivity contribution in [1.82, 2.24) is 9.97 Å². The fraction of sp³-hybridized carbons (Fsp3) is 0.600. The minimum atomic E-state index is 0.458. The van der Waals surface area contributed by atoms with Gasteiger partial charge in [-0.05, 0) is 18.9 Å². The number of nitrogens with two attached hydrogens (primary N) is 1. The molecule has 0 aromatic carbocycles. The lowest BCUT2D eigenvalue weighted by Crippen LogP contribution is -2.12. The minimum Gasteiger partial charge on any atom is -0.354 e. The van der Waals surface area contributed by atoms with Crippen molar-refractivity contribution >= 4 is 5.95 Å². The van der Waals surface area contributed by atoms with Crippen LogP contribution in [0.2, 0.25) is 0 Å². The topological polar surface area (TPSA) is 63.8 Å². The molecule has 78 valence electrons. The predicted octanol–water partition coefficient (Wildman–Crippen LogP) is 1.31. The molecule has 14 heavy (non-hydrogen) atoms. The molecule has 0 fully saturated rings. The van der Waals surface area contributed by atoms with E-state index >= 15 is 0 Å². The van der Waals surface area contributed by atoms with Gasteiger partial charge in [-0.25, -0.2) is 9.97 Å². The molecule has 1 rings (SSSR count). The van der Waals surface area contributed by atoms with Gasteiger partial charge in [0.2, 0.25) is 5.95 Å². The molecule has 1 heterocycles. The molecule has 0 saturated carbocycles. The normalized spacial score (nSPS) is 10.6. The van der Waals surface area contributed by atoms with Gasteiger partial charge in [-0.2, -0.15) is 0 Å². The van der Waals surface area contributed by atoms with E-state index in [1.807, 2.05) is 13.0 Å². The van der Waals surface area contributed by atoms with E-state index < -0.39 is 0 Å². The molecule has 0 saturated heterocycles. The number of aromatic nitrogens is 2. The van der Waals surface area contributed by atoms with Crippen molar-refractivity contribution in [3.63, 3.8) is 0 Å². The molecule has 1 aromatic rings. The molecule has 0 radical (unpaired) electrons. The Bertz CT molecular complexity index is 296. The van der Waals surface area contributed by atoms with E-state index in [9.17, 15) is 0 Å². The van der Waals surface area contributed by atoms with Crippen molar-refractivity contribution in [2.75, 3.05) is 11.9 Å². The maximum absolute atomic E-state index is 5.53. The van der Waals surface area contributed by atoms with Crippen LogP contribution in [0.5, 0.6) is 0 Å². The average Bonchev–Trinajstić information content (AvgIpc) is 2.14. The van der Waals surface area contributed by atoms with Crippen LogP contribution >= 0.6 is 0 Å². The highest BCUT2D eigenvalue weighted by Crippen LogP contribution is 2.05. The summed E-state index contributed by atoms with van der Waals surface area (Å²) in [7, 11) is 0. The molecule has 0 aliphatic rings. The molecular formula is C10H18N4. The standard InChI is InChI=1S/C10H18N4/c1-7(2)6-12-10-13-8(3)4-9(5-11)14-10/h4,7H,5-6,11H2,1-3H3,(H,12,13,14). The second-order valence-electron chi connectivity index (χ2n) is 3.80. The van der Waals surface area contributed by atoms with Crippen LogP contribution in [0.1, 0.15) is 25.2 Å². The molecule has 0 unspecified atom stereocenters. The van der Waals surface area contributed by atoms with E-state index in [2.05, 4.69) is 29.1 Å². The lowest BCUT2D eigenvalue weighted by atomic mass is 10.2. The van der Waals surface area contributed by atoms with Gasteiger partial charge in [-0.1, -0.05) is 13.8 Å². The molecule has 3 N–H and O–H groups in total. The second kappa shape index (κ2) is 4.91. The smallest absolute Gasteiger partial charge is 0.223 e. The number of hydrogen-bond donors (Lipinski definition) is 2. The van der Waals surface area contributed by atoms with Crippen molar-refractivity contribution < 1.29 is 0 Å². The monoisotopic (exact) mass is 194 g/mol. The van der Waals surface area contributed by atoms with Crippen LogP contribution in [-0.2, 0) is 6.54 Å². The van der Waals surface area contributed by atoms with Crippen molar-refractivity contribution in [1.29, 1.82) is 0 Å². The third-order valence-corrected chi connectivity index (χ3v) is 1.78. The Morgan fingerprint density at radius 2 is 2.14 bits per heavy atom. The molecule has 0 atom stereocenters. The Balaban J connectivity index is 2.71. The average molecular weight is 194 g/mol. The van der Waals surface area contributed by atoms with Gasteiger partial charge in [0.05, 0.1) is 5.69 Å². The molecule has 0 aliphatic carbocycles. The highest BCUT2D eigenvalue weighted by Gasteiger charge is 2.01. The van der Waals surface area contributed by atoms with Crippen molar-refractivity contribution in [2.24, 2.45) is 11.7 Å². The fourth-order valence-electron chi connectivity index (χ4n) is 1.11. The van der Waals surface area contributed by atoms with Gasteiger partial charge in [-0.3, -0.25) is 0 Å². The van der Waals surface area contributed by atoms with E-state index in [-0.39, 0.29) is 0 Å². The third kappa shape index (κ3) is 3.30. The van der Waals surface area contributed by atoms with Crippen LogP contribution in [0.15, 0.2) is 6.07 Å². The Hall–Kier alpha value is -1.16. The van der Waals surface area contributed by atoms with E-state index in [0.29, 0.717) is 18.4 Å². The molecule has 1 aromatic heterocycles. The molecule has 4 heteroatoms. The molecule has 0 aliphatic heterocycles. The molecule has 0 amide bonds.